The molecular formula is C72H140O8Zr. The van der Waals surface area contributed by atoms with Crippen LogP contribution in [0.25, 0.3) is 0 Å². The van der Waals surface area contributed by atoms with Crippen molar-refractivity contribution in [3.8, 4) is 0 Å². The molecule has 0 heterocycles. The molecule has 0 radical (unpaired) electrons. The Kier molecular flexibility index (Phi) is 93.1. The topological polar surface area (TPSA) is 161 Å². The second kappa shape index (κ2) is 85.2. The quantitative estimate of drug-likeness (QED) is 0.0544. The summed E-state index contributed by atoms with van der Waals surface area (Å²) in [5.41, 5.74) is 0. The standard InChI is InChI=1S/4C18H36O2.Zr/c4*1-2-3-4-5-6-7-8-9-10-11-12-13-14-15-16-17-18(19)20;/h4*2-17H2,1H3,(H,19,20);/q;;;;+4/p-4. The van der Waals surface area contributed by atoms with Crippen molar-refractivity contribution in [1.82, 2.24) is 0 Å². The summed E-state index contributed by atoms with van der Waals surface area (Å²) in [4.78, 5) is 40.9. The minimum atomic E-state index is -0.903. The fraction of sp³-hybridized carbons (Fsp3) is 0.944. The molecule has 0 amide bonds. The van der Waals surface area contributed by atoms with Crippen LogP contribution in [0.5, 0.6) is 0 Å². The Morgan fingerprint density at radius 3 is 0.309 bits per heavy atom. The number of rotatable bonds is 64. The number of carboxylic acids is 4. The summed E-state index contributed by atoms with van der Waals surface area (Å²) in [5, 5.41) is 40.9. The molecule has 0 N–H and O–H groups in total. The van der Waals surface area contributed by atoms with Gasteiger partial charge in [0.25, 0.3) is 0 Å². The van der Waals surface area contributed by atoms with Crippen LogP contribution in [0, 0.1) is 0 Å². The molecule has 0 atom stereocenters. The number of hydrogen-bond acceptors (Lipinski definition) is 8. The molecule has 480 valence electrons. The van der Waals surface area contributed by atoms with Crippen molar-refractivity contribution in [3.63, 3.8) is 0 Å². The van der Waals surface area contributed by atoms with Crippen LogP contribution < -0.4 is 20.4 Å². The molecule has 0 bridgehead atoms. The van der Waals surface area contributed by atoms with Crippen LogP contribution in [0.3, 0.4) is 0 Å². The summed E-state index contributed by atoms with van der Waals surface area (Å²) < 4.78 is 0. The second-order valence-electron chi connectivity index (χ2n) is 24.3. The third kappa shape index (κ3) is 104. The Labute approximate surface area is 525 Å². The summed E-state index contributed by atoms with van der Waals surface area (Å²) in [6.07, 6.45) is 79.4. The molecule has 81 heavy (non-hydrogen) atoms. The van der Waals surface area contributed by atoms with Gasteiger partial charge in [0.05, 0.1) is 0 Å². The van der Waals surface area contributed by atoms with Crippen molar-refractivity contribution in [2.24, 2.45) is 0 Å². The number of carbonyl (C=O) groups is 4. The molecular weight excluding hydrogens is 1080 g/mol. The van der Waals surface area contributed by atoms with Crippen molar-refractivity contribution >= 4 is 23.9 Å². The molecule has 0 aliphatic carbocycles. The van der Waals surface area contributed by atoms with E-state index in [4.69, 9.17) is 0 Å². The molecule has 0 rings (SSSR count). The van der Waals surface area contributed by atoms with Crippen LogP contribution >= 0.6 is 0 Å². The number of unbranched alkanes of at least 4 members (excludes halogenated alkanes) is 56. The largest absolute Gasteiger partial charge is 4.00 e. The van der Waals surface area contributed by atoms with Crippen LogP contribution in [0.15, 0.2) is 0 Å². The van der Waals surface area contributed by atoms with E-state index < -0.39 is 23.9 Å². The van der Waals surface area contributed by atoms with Gasteiger partial charge in [-0.3, -0.25) is 0 Å². The monoisotopic (exact) mass is 1220 g/mol. The summed E-state index contributed by atoms with van der Waals surface area (Å²) in [7, 11) is 0. The Bertz CT molecular complexity index is 990. The molecule has 0 saturated heterocycles. The fourth-order valence-electron chi connectivity index (χ4n) is 10.6. The molecule has 0 aliphatic rings. The predicted molar refractivity (Wildman–Crippen MR) is 338 cm³/mol. The van der Waals surface area contributed by atoms with Crippen molar-refractivity contribution in [1.29, 1.82) is 0 Å². The number of aliphatic carboxylic acids is 4. The first-order chi connectivity index (χ1) is 39.1. The normalized spacial score (nSPS) is 10.7. The van der Waals surface area contributed by atoms with E-state index in [1.54, 1.807) is 0 Å². The number of carbonyl (C=O) groups excluding carboxylic acids is 4. The van der Waals surface area contributed by atoms with Crippen LogP contribution in [-0.4, -0.2) is 23.9 Å². The zero-order valence-electron chi connectivity index (χ0n) is 55.0. The van der Waals surface area contributed by atoms with Crippen LogP contribution in [0.2, 0.25) is 0 Å². The van der Waals surface area contributed by atoms with Gasteiger partial charge >= 0.3 is 26.2 Å². The molecule has 0 aromatic rings. The first-order valence-electron chi connectivity index (χ1n) is 35.9. The van der Waals surface area contributed by atoms with E-state index in [-0.39, 0.29) is 51.9 Å². The smallest absolute Gasteiger partial charge is 0.550 e. The minimum Gasteiger partial charge on any atom is -0.550 e. The molecule has 0 saturated carbocycles. The van der Waals surface area contributed by atoms with Crippen LogP contribution in [-0.2, 0) is 45.4 Å². The predicted octanol–water partition coefficient (Wildman–Crippen LogP) is 20.0. The van der Waals surface area contributed by atoms with Gasteiger partial charge in [-0.15, -0.1) is 0 Å². The molecule has 0 aromatic carbocycles. The van der Waals surface area contributed by atoms with E-state index in [0.717, 1.165) is 51.4 Å². The fourth-order valence-corrected chi connectivity index (χ4v) is 10.6. The third-order valence-corrected chi connectivity index (χ3v) is 15.9. The van der Waals surface area contributed by atoms with Crippen molar-refractivity contribution in [3.05, 3.63) is 0 Å². The van der Waals surface area contributed by atoms with E-state index in [0.29, 0.717) is 0 Å². The molecule has 0 aliphatic heterocycles. The molecule has 9 heteroatoms. The Hall–Kier alpha value is -1.24. The minimum absolute atomic E-state index is 0. The number of hydrogen-bond donors (Lipinski definition) is 0. The Morgan fingerprint density at radius 2 is 0.235 bits per heavy atom. The molecule has 0 aromatic heterocycles. The van der Waals surface area contributed by atoms with E-state index >= 15 is 0 Å². The van der Waals surface area contributed by atoms with E-state index in [1.807, 2.05) is 0 Å². The second-order valence-corrected chi connectivity index (χ2v) is 24.3. The van der Waals surface area contributed by atoms with Gasteiger partial charge < -0.3 is 39.6 Å². The van der Waals surface area contributed by atoms with Crippen LogP contribution in [0.4, 0.5) is 0 Å². The summed E-state index contributed by atoms with van der Waals surface area (Å²) >= 11 is 0. The van der Waals surface area contributed by atoms with Gasteiger partial charge in [-0.2, -0.15) is 0 Å². The zero-order chi connectivity index (χ0) is 59.6. The Morgan fingerprint density at radius 1 is 0.160 bits per heavy atom. The van der Waals surface area contributed by atoms with Crippen molar-refractivity contribution in [2.45, 2.75) is 439 Å². The average Bonchev–Trinajstić information content (AvgIpc) is 3.43. The van der Waals surface area contributed by atoms with Gasteiger partial charge in [-0.05, 0) is 51.4 Å². The van der Waals surface area contributed by atoms with Gasteiger partial charge in [-0.1, -0.05) is 387 Å². The van der Waals surface area contributed by atoms with Gasteiger partial charge in [0.15, 0.2) is 0 Å². The maximum absolute atomic E-state index is 10.2. The maximum atomic E-state index is 10.2. The van der Waals surface area contributed by atoms with Crippen LogP contribution in [0.1, 0.15) is 439 Å². The summed E-state index contributed by atoms with van der Waals surface area (Å²) in [6, 6.07) is 0. The SMILES string of the molecule is CCCCCCCCCCCCCCCCCC(=O)[O-].CCCCCCCCCCCCCCCCCC(=O)[O-].CCCCCCCCCCCCCCCCCC(=O)[O-].CCCCCCCCCCCCCCCCCC(=O)[O-].[Zr+4]. The Balaban J connectivity index is -0.000000316. The van der Waals surface area contributed by atoms with Crippen molar-refractivity contribution < 1.29 is 65.8 Å². The van der Waals surface area contributed by atoms with Gasteiger partial charge in [0.1, 0.15) is 0 Å². The number of carboxylic acid groups (broad SMARTS) is 4. The zero-order valence-corrected chi connectivity index (χ0v) is 57.5. The summed E-state index contributed by atoms with van der Waals surface area (Å²) in [5.74, 6) is -3.61. The summed E-state index contributed by atoms with van der Waals surface area (Å²) in [6.45, 7) is 9.07. The van der Waals surface area contributed by atoms with Gasteiger partial charge in [-0.25, -0.2) is 0 Å². The van der Waals surface area contributed by atoms with E-state index in [2.05, 4.69) is 27.7 Å². The van der Waals surface area contributed by atoms with Crippen molar-refractivity contribution in [2.75, 3.05) is 0 Å². The first-order valence-corrected chi connectivity index (χ1v) is 35.9. The molecule has 0 unspecified atom stereocenters. The first kappa shape index (κ1) is 88.5. The van der Waals surface area contributed by atoms with Gasteiger partial charge in [0, 0.05) is 23.9 Å². The third-order valence-electron chi connectivity index (χ3n) is 15.9. The molecule has 0 fully saturated rings. The van der Waals surface area contributed by atoms with Gasteiger partial charge in [0.2, 0.25) is 0 Å². The van der Waals surface area contributed by atoms with E-state index in [1.165, 1.54) is 334 Å². The molecule has 0 spiro atoms. The molecule has 8 nitrogen and oxygen atoms in total. The van der Waals surface area contributed by atoms with E-state index in [9.17, 15) is 39.6 Å². The average molecular weight is 1230 g/mol. The maximum Gasteiger partial charge on any atom is 4.00 e.